The highest BCUT2D eigenvalue weighted by Crippen LogP contribution is 2.37. The van der Waals surface area contributed by atoms with Gasteiger partial charge in [-0.1, -0.05) is 29.3 Å². The van der Waals surface area contributed by atoms with E-state index in [1.165, 1.54) is 22.9 Å². The van der Waals surface area contributed by atoms with Crippen LogP contribution in [0.4, 0.5) is 8.78 Å². The number of aromatic nitrogens is 3. The SMILES string of the molecule is C[C@@H]1N=C(c2c(F)cccc2F)c2c(ccc(Cl)c2Cl)-n2nc(C(=O)O)nc21. The fraction of sp³-hybridized carbons (Fsp3) is 0.111. The molecule has 3 aromatic rings. The zero-order valence-electron chi connectivity index (χ0n) is 14.1. The van der Waals surface area contributed by atoms with Crippen LogP contribution in [0.5, 0.6) is 0 Å². The number of aromatic carboxylic acids is 1. The summed E-state index contributed by atoms with van der Waals surface area (Å²) in [6.45, 7) is 1.60. The Morgan fingerprint density at radius 2 is 1.82 bits per heavy atom. The average molecular weight is 423 g/mol. The molecule has 1 N–H and O–H groups in total. The van der Waals surface area contributed by atoms with Crippen LogP contribution in [0.2, 0.25) is 10.0 Å². The number of hydrogen-bond donors (Lipinski definition) is 1. The minimum absolute atomic E-state index is 0.00740. The molecule has 1 atom stereocenters. The minimum atomic E-state index is -1.32. The second-order valence-electron chi connectivity index (χ2n) is 6.02. The van der Waals surface area contributed by atoms with E-state index < -0.39 is 29.5 Å². The van der Waals surface area contributed by atoms with E-state index in [2.05, 4.69) is 15.1 Å². The lowest BCUT2D eigenvalue weighted by Gasteiger charge is -2.14. The first-order valence-corrected chi connectivity index (χ1v) is 8.76. The van der Waals surface area contributed by atoms with Gasteiger partial charge in [0, 0.05) is 5.56 Å². The summed E-state index contributed by atoms with van der Waals surface area (Å²) < 4.78 is 30.3. The predicted octanol–water partition coefficient (Wildman–Crippen LogP) is 4.46. The van der Waals surface area contributed by atoms with Crippen molar-refractivity contribution >= 4 is 34.9 Å². The highest BCUT2D eigenvalue weighted by molar-refractivity contribution is 6.45. The van der Waals surface area contributed by atoms with Crippen LogP contribution in [-0.2, 0) is 0 Å². The molecule has 0 unspecified atom stereocenters. The van der Waals surface area contributed by atoms with Crippen molar-refractivity contribution in [3.8, 4) is 5.69 Å². The molecule has 4 rings (SSSR count). The minimum Gasteiger partial charge on any atom is -0.475 e. The van der Waals surface area contributed by atoms with Gasteiger partial charge in [0.05, 0.1) is 27.0 Å². The predicted molar refractivity (Wildman–Crippen MR) is 98.8 cm³/mol. The first kappa shape index (κ1) is 18.5. The van der Waals surface area contributed by atoms with Crippen molar-refractivity contribution < 1.29 is 18.7 Å². The lowest BCUT2D eigenvalue weighted by molar-refractivity contribution is 0.0683. The molecule has 0 aliphatic carbocycles. The quantitative estimate of drug-likeness (QED) is 0.660. The zero-order valence-corrected chi connectivity index (χ0v) is 15.6. The van der Waals surface area contributed by atoms with E-state index in [-0.39, 0.29) is 38.4 Å². The molecule has 0 saturated heterocycles. The smallest absolute Gasteiger partial charge is 0.375 e. The molecule has 0 radical (unpaired) electrons. The Balaban J connectivity index is 2.11. The maximum Gasteiger partial charge on any atom is 0.375 e. The number of hydrogen-bond acceptors (Lipinski definition) is 4. The van der Waals surface area contributed by atoms with Crippen molar-refractivity contribution in [3.63, 3.8) is 0 Å². The van der Waals surface area contributed by atoms with Gasteiger partial charge >= 0.3 is 5.97 Å². The van der Waals surface area contributed by atoms with E-state index in [0.717, 1.165) is 12.1 Å². The monoisotopic (exact) mass is 422 g/mol. The summed E-state index contributed by atoms with van der Waals surface area (Å²) in [6.07, 6.45) is 0. The van der Waals surface area contributed by atoms with Gasteiger partial charge < -0.3 is 5.11 Å². The Labute approximate surface area is 167 Å². The molecule has 2 heterocycles. The molecule has 1 aliphatic rings. The van der Waals surface area contributed by atoms with Gasteiger partial charge in [0.1, 0.15) is 17.7 Å². The third-order valence-corrected chi connectivity index (χ3v) is 5.06. The standard InChI is InChI=1S/C18H10Cl2F2N4O2/c1-7-17-24-16(18(27)28)25-26(17)11-6-5-8(19)14(20)13(11)15(23-7)12-9(21)3-2-4-10(12)22/h2-7H,1H3,(H,27,28)/t7-/m0/s1. The van der Waals surface area contributed by atoms with E-state index in [9.17, 15) is 18.7 Å². The van der Waals surface area contributed by atoms with E-state index >= 15 is 0 Å². The molecule has 6 nitrogen and oxygen atoms in total. The molecule has 1 aromatic heterocycles. The number of aliphatic imine (C=N–C) groups is 1. The van der Waals surface area contributed by atoms with Gasteiger partial charge in [-0.3, -0.25) is 4.99 Å². The Morgan fingerprint density at radius 1 is 1.14 bits per heavy atom. The molecule has 0 amide bonds. The summed E-state index contributed by atoms with van der Waals surface area (Å²) in [5.41, 5.74) is -0.0421. The molecule has 2 aromatic carbocycles. The maximum atomic E-state index is 14.5. The number of carboxylic acids is 1. The van der Waals surface area contributed by atoms with Crippen molar-refractivity contribution in [1.29, 1.82) is 0 Å². The third kappa shape index (κ3) is 2.76. The fourth-order valence-electron chi connectivity index (χ4n) is 3.03. The summed E-state index contributed by atoms with van der Waals surface area (Å²) in [4.78, 5) is 19.7. The van der Waals surface area contributed by atoms with Crippen molar-refractivity contribution in [2.75, 3.05) is 0 Å². The van der Waals surface area contributed by atoms with Gasteiger partial charge in [-0.15, -0.1) is 5.10 Å². The molecular formula is C18H10Cl2F2N4O2. The highest BCUT2D eigenvalue weighted by Gasteiger charge is 2.31. The first-order chi connectivity index (χ1) is 13.3. The summed E-state index contributed by atoms with van der Waals surface area (Å²) in [7, 11) is 0. The van der Waals surface area contributed by atoms with Crippen molar-refractivity contribution in [2.45, 2.75) is 13.0 Å². The van der Waals surface area contributed by atoms with Crippen LogP contribution in [0.25, 0.3) is 5.69 Å². The second kappa shape index (κ2) is 6.65. The van der Waals surface area contributed by atoms with Gasteiger partial charge in [-0.2, -0.15) is 0 Å². The Kier molecular flexibility index (Phi) is 4.40. The summed E-state index contributed by atoms with van der Waals surface area (Å²) in [5.74, 6) is -3.23. The maximum absolute atomic E-state index is 14.5. The van der Waals surface area contributed by atoms with Gasteiger partial charge in [-0.05, 0) is 31.2 Å². The Hall–Kier alpha value is -2.84. The molecule has 28 heavy (non-hydrogen) atoms. The van der Waals surface area contributed by atoms with Crippen LogP contribution < -0.4 is 0 Å². The van der Waals surface area contributed by atoms with Crippen molar-refractivity contribution in [3.05, 3.63) is 74.8 Å². The summed E-state index contributed by atoms with van der Waals surface area (Å²) in [5, 5.41) is 13.4. The van der Waals surface area contributed by atoms with Gasteiger partial charge in [0.2, 0.25) is 0 Å². The van der Waals surface area contributed by atoms with Crippen LogP contribution in [0.15, 0.2) is 35.3 Å². The molecule has 1 aliphatic heterocycles. The number of fused-ring (bicyclic) bond motifs is 3. The molecule has 0 spiro atoms. The number of carboxylic acid groups (broad SMARTS) is 1. The molecule has 0 bridgehead atoms. The summed E-state index contributed by atoms with van der Waals surface area (Å²) in [6, 6.07) is 5.67. The van der Waals surface area contributed by atoms with Crippen LogP contribution in [0, 0.1) is 11.6 Å². The highest BCUT2D eigenvalue weighted by atomic mass is 35.5. The second-order valence-corrected chi connectivity index (χ2v) is 6.80. The fourth-order valence-corrected chi connectivity index (χ4v) is 3.44. The molecule has 10 heteroatoms. The molecular weight excluding hydrogens is 413 g/mol. The topological polar surface area (TPSA) is 80.4 Å². The van der Waals surface area contributed by atoms with Crippen LogP contribution in [-0.4, -0.2) is 31.6 Å². The normalized spacial score (nSPS) is 15.5. The molecule has 0 saturated carbocycles. The Bertz CT molecular complexity index is 1160. The molecule has 142 valence electrons. The zero-order chi connectivity index (χ0) is 20.2. The van der Waals surface area contributed by atoms with Crippen molar-refractivity contribution in [2.24, 2.45) is 4.99 Å². The van der Waals surface area contributed by atoms with Crippen LogP contribution in [0.3, 0.4) is 0 Å². The van der Waals surface area contributed by atoms with E-state index in [4.69, 9.17) is 23.2 Å². The Morgan fingerprint density at radius 3 is 2.46 bits per heavy atom. The average Bonchev–Trinajstić information content (AvgIpc) is 3.04. The van der Waals surface area contributed by atoms with E-state index in [1.807, 2.05) is 0 Å². The van der Waals surface area contributed by atoms with Gasteiger partial charge in [-0.25, -0.2) is 23.2 Å². The number of carbonyl (C=O) groups is 1. The van der Waals surface area contributed by atoms with E-state index in [0.29, 0.717) is 0 Å². The largest absolute Gasteiger partial charge is 0.475 e. The van der Waals surface area contributed by atoms with Crippen LogP contribution in [0.1, 0.15) is 40.5 Å². The number of halogens is 4. The third-order valence-electron chi connectivity index (χ3n) is 4.26. The van der Waals surface area contributed by atoms with E-state index in [1.54, 1.807) is 6.92 Å². The van der Waals surface area contributed by atoms with Crippen LogP contribution >= 0.6 is 23.2 Å². The van der Waals surface area contributed by atoms with Gasteiger partial charge in [0.15, 0.2) is 5.82 Å². The lowest BCUT2D eigenvalue weighted by Crippen LogP contribution is -2.13. The number of nitrogens with zero attached hydrogens (tertiary/aromatic N) is 4. The summed E-state index contributed by atoms with van der Waals surface area (Å²) >= 11 is 12.5. The van der Waals surface area contributed by atoms with Crippen molar-refractivity contribution in [1.82, 2.24) is 14.8 Å². The lowest BCUT2D eigenvalue weighted by atomic mass is 9.99. The molecule has 0 fully saturated rings. The number of rotatable bonds is 2. The number of benzene rings is 2. The first-order valence-electron chi connectivity index (χ1n) is 8.00. The van der Waals surface area contributed by atoms with Gasteiger partial charge in [0.25, 0.3) is 5.82 Å².